The molecule has 9 heteroatoms. The van der Waals surface area contributed by atoms with Crippen LogP contribution in [0.3, 0.4) is 0 Å². The first kappa shape index (κ1) is 21.7. The number of carbonyl (C=O) groups is 3. The van der Waals surface area contributed by atoms with Gasteiger partial charge in [0, 0.05) is 10.7 Å². The van der Waals surface area contributed by atoms with Crippen LogP contribution in [0.25, 0.3) is 0 Å². The maximum absolute atomic E-state index is 12.3. The average Bonchev–Trinajstić information content (AvgIpc) is 2.68. The summed E-state index contributed by atoms with van der Waals surface area (Å²) in [6.07, 6.45) is -1.35. The van der Waals surface area contributed by atoms with E-state index in [0.29, 0.717) is 22.1 Å². The van der Waals surface area contributed by atoms with Crippen molar-refractivity contribution < 1.29 is 23.9 Å². The van der Waals surface area contributed by atoms with Crippen molar-refractivity contribution in [2.45, 2.75) is 19.4 Å². The summed E-state index contributed by atoms with van der Waals surface area (Å²) in [5.74, 6) is -1.31. The van der Waals surface area contributed by atoms with E-state index in [1.807, 2.05) is 0 Å². The largest absolute Gasteiger partial charge is 0.495 e. The molecule has 1 atom stereocenters. The van der Waals surface area contributed by atoms with Crippen molar-refractivity contribution >= 4 is 40.8 Å². The monoisotopic (exact) mass is 415 g/mol. The Labute approximate surface area is 172 Å². The molecular formula is C20H18ClN3O5. The van der Waals surface area contributed by atoms with Crippen LogP contribution >= 0.6 is 11.6 Å². The van der Waals surface area contributed by atoms with Gasteiger partial charge in [0.05, 0.1) is 24.4 Å². The Balaban J connectivity index is 1.98. The molecule has 0 heterocycles. The smallest absolute Gasteiger partial charge is 0.338 e. The number of benzene rings is 2. The zero-order valence-electron chi connectivity index (χ0n) is 15.7. The number of nitriles is 1. The number of hydrogen-bond donors (Lipinski definition) is 2. The van der Waals surface area contributed by atoms with Crippen LogP contribution in [0.4, 0.5) is 11.4 Å². The van der Waals surface area contributed by atoms with Gasteiger partial charge in [-0.15, -0.1) is 0 Å². The van der Waals surface area contributed by atoms with Crippen LogP contribution < -0.4 is 15.4 Å². The van der Waals surface area contributed by atoms with Crippen molar-refractivity contribution in [3.63, 3.8) is 0 Å². The lowest BCUT2D eigenvalue weighted by Gasteiger charge is -2.15. The van der Waals surface area contributed by atoms with Crippen LogP contribution in [0.1, 0.15) is 23.7 Å². The zero-order valence-corrected chi connectivity index (χ0v) is 16.4. The Hall–Kier alpha value is -3.57. The molecule has 2 aromatic rings. The highest BCUT2D eigenvalue weighted by atomic mass is 35.5. The van der Waals surface area contributed by atoms with Gasteiger partial charge in [-0.05, 0) is 49.4 Å². The Bertz CT molecular complexity index is 954. The predicted octanol–water partition coefficient (Wildman–Crippen LogP) is 3.38. The molecule has 0 spiro atoms. The number of halogens is 1. The summed E-state index contributed by atoms with van der Waals surface area (Å²) in [5.41, 5.74) is 0.981. The lowest BCUT2D eigenvalue weighted by Crippen LogP contribution is -2.30. The van der Waals surface area contributed by atoms with Crippen LogP contribution in [0.5, 0.6) is 5.75 Å². The van der Waals surface area contributed by atoms with E-state index in [-0.39, 0.29) is 12.0 Å². The first-order valence-electron chi connectivity index (χ1n) is 8.46. The molecule has 0 saturated heterocycles. The molecule has 150 valence electrons. The molecule has 0 radical (unpaired) electrons. The topological polar surface area (TPSA) is 118 Å². The van der Waals surface area contributed by atoms with E-state index in [1.54, 1.807) is 18.2 Å². The maximum Gasteiger partial charge on any atom is 0.338 e. The van der Waals surface area contributed by atoms with Crippen molar-refractivity contribution in [1.82, 2.24) is 0 Å². The third-order valence-electron chi connectivity index (χ3n) is 3.72. The van der Waals surface area contributed by atoms with E-state index in [4.69, 9.17) is 26.3 Å². The van der Waals surface area contributed by atoms with Crippen LogP contribution in [0.2, 0.25) is 5.02 Å². The van der Waals surface area contributed by atoms with E-state index in [1.165, 1.54) is 44.4 Å². The number of amides is 2. The van der Waals surface area contributed by atoms with E-state index < -0.39 is 23.9 Å². The van der Waals surface area contributed by atoms with Crippen molar-refractivity contribution in [3.8, 4) is 11.8 Å². The highest BCUT2D eigenvalue weighted by molar-refractivity contribution is 6.31. The maximum atomic E-state index is 12.3. The van der Waals surface area contributed by atoms with Crippen LogP contribution in [0, 0.1) is 11.3 Å². The van der Waals surface area contributed by atoms with Crippen LogP contribution in [-0.2, 0) is 14.3 Å². The fourth-order valence-corrected chi connectivity index (χ4v) is 2.43. The van der Waals surface area contributed by atoms with E-state index in [2.05, 4.69) is 10.6 Å². The van der Waals surface area contributed by atoms with Gasteiger partial charge >= 0.3 is 5.97 Å². The normalized spacial score (nSPS) is 11.0. The molecular weight excluding hydrogens is 398 g/mol. The minimum atomic E-state index is -1.08. The number of carbonyl (C=O) groups excluding carboxylic acids is 3. The fourth-order valence-electron chi connectivity index (χ4n) is 2.26. The van der Waals surface area contributed by atoms with Crippen LogP contribution in [-0.4, -0.2) is 31.0 Å². The molecule has 0 aliphatic carbocycles. The molecule has 29 heavy (non-hydrogen) atoms. The van der Waals surface area contributed by atoms with Gasteiger partial charge in [-0.25, -0.2) is 4.79 Å². The van der Waals surface area contributed by atoms with Gasteiger partial charge in [-0.2, -0.15) is 5.26 Å². The molecule has 0 bridgehead atoms. The van der Waals surface area contributed by atoms with Gasteiger partial charge in [0.25, 0.3) is 5.91 Å². The minimum absolute atomic E-state index is 0.197. The van der Waals surface area contributed by atoms with Gasteiger partial charge in [0.1, 0.15) is 12.2 Å². The first-order valence-corrected chi connectivity index (χ1v) is 8.84. The molecule has 0 aromatic heterocycles. The van der Waals surface area contributed by atoms with Gasteiger partial charge in [0.15, 0.2) is 6.10 Å². The fraction of sp³-hybridized carbons (Fsp3) is 0.200. The van der Waals surface area contributed by atoms with Gasteiger partial charge in [-0.1, -0.05) is 11.6 Å². The summed E-state index contributed by atoms with van der Waals surface area (Å²) in [5, 5.41) is 14.0. The molecule has 0 fully saturated rings. The number of nitrogens with one attached hydrogen (secondary N) is 2. The third kappa shape index (κ3) is 6.23. The highest BCUT2D eigenvalue weighted by Gasteiger charge is 2.20. The first-order chi connectivity index (χ1) is 13.8. The second-order valence-electron chi connectivity index (χ2n) is 5.84. The highest BCUT2D eigenvalue weighted by Crippen LogP contribution is 2.27. The summed E-state index contributed by atoms with van der Waals surface area (Å²) >= 11 is 5.93. The number of ether oxygens (including phenoxy) is 2. The zero-order chi connectivity index (χ0) is 21.4. The summed E-state index contributed by atoms with van der Waals surface area (Å²) in [6.45, 7) is 1.43. The molecule has 0 unspecified atom stereocenters. The predicted molar refractivity (Wildman–Crippen MR) is 107 cm³/mol. The molecule has 2 N–H and O–H groups in total. The third-order valence-corrected chi connectivity index (χ3v) is 3.95. The second kappa shape index (κ2) is 10.1. The number of hydrogen-bond acceptors (Lipinski definition) is 6. The Morgan fingerprint density at radius 2 is 1.83 bits per heavy atom. The summed E-state index contributed by atoms with van der Waals surface area (Å²) in [4.78, 5) is 36.0. The van der Waals surface area contributed by atoms with Crippen molar-refractivity contribution in [3.05, 3.63) is 53.1 Å². The lowest BCUT2D eigenvalue weighted by molar-refractivity contribution is -0.123. The Morgan fingerprint density at radius 1 is 1.14 bits per heavy atom. The molecule has 2 rings (SSSR count). The van der Waals surface area contributed by atoms with Gasteiger partial charge in [0.2, 0.25) is 5.91 Å². The van der Waals surface area contributed by atoms with Crippen molar-refractivity contribution in [2.75, 3.05) is 17.7 Å². The molecule has 2 aromatic carbocycles. The summed E-state index contributed by atoms with van der Waals surface area (Å²) in [7, 11) is 1.45. The lowest BCUT2D eigenvalue weighted by atomic mass is 10.2. The van der Waals surface area contributed by atoms with Gasteiger partial charge < -0.3 is 20.1 Å². The average molecular weight is 416 g/mol. The van der Waals surface area contributed by atoms with E-state index in [0.717, 1.165) is 0 Å². The molecule has 8 nitrogen and oxygen atoms in total. The minimum Gasteiger partial charge on any atom is -0.495 e. The standard InChI is InChI=1S/C20H18ClN3O5/c1-12(19(26)24-16-11-14(21)5-8-17(16)28-2)29-20(27)13-3-6-15(7-4-13)23-18(25)9-10-22/h3-8,11-12H,9H2,1-2H3,(H,23,25)(H,24,26)/t12-/m1/s1. The molecule has 2 amide bonds. The SMILES string of the molecule is COc1ccc(Cl)cc1NC(=O)[C@@H](C)OC(=O)c1ccc(NC(=O)CC#N)cc1. The Kier molecular flexibility index (Phi) is 7.57. The second-order valence-corrected chi connectivity index (χ2v) is 6.28. The molecule has 0 aliphatic heterocycles. The summed E-state index contributed by atoms with van der Waals surface area (Å²) < 4.78 is 10.3. The summed E-state index contributed by atoms with van der Waals surface area (Å²) in [6, 6.07) is 12.3. The van der Waals surface area contributed by atoms with Crippen molar-refractivity contribution in [2.24, 2.45) is 0 Å². The Morgan fingerprint density at radius 3 is 2.45 bits per heavy atom. The van der Waals surface area contributed by atoms with Gasteiger partial charge in [-0.3, -0.25) is 9.59 Å². The molecule has 0 saturated carbocycles. The molecule has 0 aliphatic rings. The quantitative estimate of drug-likeness (QED) is 0.669. The number of rotatable bonds is 7. The number of anilines is 2. The van der Waals surface area contributed by atoms with E-state index in [9.17, 15) is 14.4 Å². The van der Waals surface area contributed by atoms with E-state index >= 15 is 0 Å². The van der Waals surface area contributed by atoms with Crippen LogP contribution in [0.15, 0.2) is 42.5 Å². The number of nitrogens with zero attached hydrogens (tertiary/aromatic N) is 1. The number of methoxy groups -OCH3 is 1. The van der Waals surface area contributed by atoms with Crippen molar-refractivity contribution in [1.29, 1.82) is 5.26 Å². The number of esters is 1.